The largest absolute Gasteiger partial charge is 0.342 e. The number of para-hydroxylation sites is 1. The van der Waals surface area contributed by atoms with Crippen molar-refractivity contribution in [1.29, 1.82) is 0 Å². The fraction of sp³-hybridized carbons (Fsp3) is 0.0833. The molecule has 3 aromatic heterocycles. The summed E-state index contributed by atoms with van der Waals surface area (Å²) in [5, 5.41) is 8.98. The molecule has 0 radical (unpaired) electrons. The first kappa shape index (κ1) is 18.9. The van der Waals surface area contributed by atoms with Gasteiger partial charge in [0.05, 0.1) is 34.2 Å². The fourth-order valence-corrected chi connectivity index (χ4v) is 3.82. The van der Waals surface area contributed by atoms with Gasteiger partial charge in [-0.15, -0.1) is 0 Å². The molecule has 3 N–H and O–H groups in total. The third kappa shape index (κ3) is 3.31. The van der Waals surface area contributed by atoms with Crippen molar-refractivity contribution in [2.24, 2.45) is 5.73 Å². The first-order chi connectivity index (χ1) is 15.2. The van der Waals surface area contributed by atoms with Crippen molar-refractivity contribution in [3.05, 3.63) is 89.2 Å². The van der Waals surface area contributed by atoms with Crippen LogP contribution in [-0.2, 0) is 6.54 Å². The number of nitrogens with one attached hydrogen (secondary N) is 1. The molecular formula is C24H20N6O. The van der Waals surface area contributed by atoms with Crippen molar-refractivity contribution in [2.75, 3.05) is 11.9 Å². The zero-order chi connectivity index (χ0) is 21.4. The Hall–Kier alpha value is -4.10. The van der Waals surface area contributed by atoms with Crippen LogP contribution in [0.1, 0.15) is 5.69 Å². The van der Waals surface area contributed by atoms with Gasteiger partial charge in [0.15, 0.2) is 0 Å². The van der Waals surface area contributed by atoms with E-state index in [4.69, 9.17) is 5.73 Å². The van der Waals surface area contributed by atoms with Crippen LogP contribution in [0, 0.1) is 0 Å². The quantitative estimate of drug-likeness (QED) is 0.470. The average molecular weight is 408 g/mol. The van der Waals surface area contributed by atoms with Crippen molar-refractivity contribution < 1.29 is 0 Å². The third-order valence-electron chi connectivity index (χ3n) is 5.48. The fourth-order valence-electron chi connectivity index (χ4n) is 3.82. The van der Waals surface area contributed by atoms with E-state index in [1.54, 1.807) is 12.3 Å². The summed E-state index contributed by atoms with van der Waals surface area (Å²) in [6.07, 6.45) is 5.43. The van der Waals surface area contributed by atoms with Crippen molar-refractivity contribution in [2.45, 2.75) is 6.54 Å². The molecule has 3 heterocycles. The summed E-state index contributed by atoms with van der Waals surface area (Å²) in [5.74, 6) is 0. The van der Waals surface area contributed by atoms with Crippen molar-refractivity contribution >= 4 is 33.1 Å². The molecule has 31 heavy (non-hydrogen) atoms. The first-order valence-corrected chi connectivity index (χ1v) is 9.90. The van der Waals surface area contributed by atoms with Crippen molar-refractivity contribution in [3.63, 3.8) is 0 Å². The highest BCUT2D eigenvalue weighted by Crippen LogP contribution is 2.32. The third-order valence-corrected chi connectivity index (χ3v) is 5.48. The van der Waals surface area contributed by atoms with E-state index < -0.39 is 0 Å². The van der Waals surface area contributed by atoms with Gasteiger partial charge in [-0.3, -0.25) is 14.8 Å². The van der Waals surface area contributed by atoms with E-state index in [2.05, 4.69) is 31.1 Å². The van der Waals surface area contributed by atoms with Gasteiger partial charge in [0.2, 0.25) is 0 Å². The van der Waals surface area contributed by atoms with E-state index in [-0.39, 0.29) is 12.1 Å². The van der Waals surface area contributed by atoms with Crippen LogP contribution in [0.4, 0.5) is 11.4 Å². The second-order valence-electron chi connectivity index (χ2n) is 7.31. The van der Waals surface area contributed by atoms with Crippen LogP contribution in [0.2, 0.25) is 0 Å². The van der Waals surface area contributed by atoms with Crippen LogP contribution < -0.4 is 16.2 Å². The number of aromatic nitrogens is 4. The van der Waals surface area contributed by atoms with Crippen LogP contribution in [0.5, 0.6) is 0 Å². The predicted octanol–water partition coefficient (Wildman–Crippen LogP) is 3.76. The van der Waals surface area contributed by atoms with Crippen molar-refractivity contribution in [3.8, 4) is 11.1 Å². The summed E-state index contributed by atoms with van der Waals surface area (Å²) in [7, 11) is 2.00. The molecule has 0 saturated heterocycles. The number of aromatic amines is 1. The molecule has 152 valence electrons. The van der Waals surface area contributed by atoms with E-state index in [0.29, 0.717) is 11.1 Å². The number of rotatable bonds is 4. The van der Waals surface area contributed by atoms with E-state index in [1.165, 1.54) is 0 Å². The summed E-state index contributed by atoms with van der Waals surface area (Å²) < 4.78 is 0. The minimum absolute atomic E-state index is 0.228. The van der Waals surface area contributed by atoms with Crippen molar-refractivity contribution in [1.82, 2.24) is 20.2 Å². The molecule has 0 atom stereocenters. The van der Waals surface area contributed by atoms with Gasteiger partial charge >= 0.3 is 0 Å². The SMILES string of the molecule is CN(c1cncc(-c2ccc3c(=O)[nH]nc(CN)c3c2)c1)c1cccc2cccnc12. The lowest BCUT2D eigenvalue weighted by Gasteiger charge is -2.21. The molecular weight excluding hydrogens is 388 g/mol. The molecule has 0 unspecified atom stereocenters. The minimum Gasteiger partial charge on any atom is -0.342 e. The number of H-pyrrole nitrogens is 1. The number of fused-ring (bicyclic) bond motifs is 2. The van der Waals surface area contributed by atoms with Crippen LogP contribution in [0.25, 0.3) is 32.8 Å². The van der Waals surface area contributed by atoms with Gasteiger partial charge in [-0.05, 0) is 35.9 Å². The summed E-state index contributed by atoms with van der Waals surface area (Å²) in [5.41, 5.74) is 11.0. The molecule has 0 aliphatic heterocycles. The summed E-state index contributed by atoms with van der Waals surface area (Å²) in [4.78, 5) is 23.2. The molecule has 0 fully saturated rings. The molecule has 0 bridgehead atoms. The zero-order valence-corrected chi connectivity index (χ0v) is 16.9. The maximum absolute atomic E-state index is 12.1. The molecule has 0 aliphatic rings. The number of pyridine rings is 2. The van der Waals surface area contributed by atoms with Gasteiger partial charge in [0.25, 0.3) is 5.56 Å². The highest BCUT2D eigenvalue weighted by atomic mass is 16.1. The van der Waals surface area contributed by atoms with Gasteiger partial charge in [-0.2, -0.15) is 5.10 Å². The number of hydrogen-bond donors (Lipinski definition) is 2. The van der Waals surface area contributed by atoms with E-state index in [0.717, 1.165) is 38.8 Å². The molecule has 0 saturated carbocycles. The molecule has 5 aromatic rings. The topological polar surface area (TPSA) is 101 Å². The normalized spacial score (nSPS) is 11.2. The lowest BCUT2D eigenvalue weighted by atomic mass is 10.0. The van der Waals surface area contributed by atoms with Crippen LogP contribution in [0.3, 0.4) is 0 Å². The predicted molar refractivity (Wildman–Crippen MR) is 123 cm³/mol. The number of hydrogen-bond acceptors (Lipinski definition) is 6. The van der Waals surface area contributed by atoms with Crippen LogP contribution in [-0.4, -0.2) is 27.2 Å². The minimum atomic E-state index is -0.228. The molecule has 0 spiro atoms. The molecule has 0 aliphatic carbocycles. The van der Waals surface area contributed by atoms with E-state index in [9.17, 15) is 4.79 Å². The highest BCUT2D eigenvalue weighted by Gasteiger charge is 2.12. The lowest BCUT2D eigenvalue weighted by molar-refractivity contribution is 0.900. The summed E-state index contributed by atoms with van der Waals surface area (Å²) in [6.45, 7) is 0.242. The number of anilines is 2. The van der Waals surface area contributed by atoms with E-state index in [1.807, 2.05) is 61.9 Å². The molecule has 7 heteroatoms. The van der Waals surface area contributed by atoms with Gasteiger partial charge in [0, 0.05) is 42.3 Å². The Kier molecular flexibility index (Phi) is 4.65. The number of nitrogens with zero attached hydrogens (tertiary/aromatic N) is 4. The molecule has 2 aromatic carbocycles. The smallest absolute Gasteiger partial charge is 0.272 e. The summed E-state index contributed by atoms with van der Waals surface area (Å²) >= 11 is 0. The Bertz CT molecular complexity index is 1470. The van der Waals surface area contributed by atoms with Crippen LogP contribution in [0.15, 0.2) is 78.0 Å². The first-order valence-electron chi connectivity index (χ1n) is 9.90. The van der Waals surface area contributed by atoms with Gasteiger partial charge < -0.3 is 10.6 Å². The van der Waals surface area contributed by atoms with Gasteiger partial charge in [-0.1, -0.05) is 24.3 Å². The zero-order valence-electron chi connectivity index (χ0n) is 16.9. The van der Waals surface area contributed by atoms with Gasteiger partial charge in [0.1, 0.15) is 0 Å². The highest BCUT2D eigenvalue weighted by molar-refractivity contribution is 5.93. The summed E-state index contributed by atoms with van der Waals surface area (Å²) in [6, 6.07) is 17.8. The maximum Gasteiger partial charge on any atom is 0.272 e. The Balaban J connectivity index is 1.60. The number of benzene rings is 2. The monoisotopic (exact) mass is 408 g/mol. The maximum atomic E-state index is 12.1. The molecule has 7 nitrogen and oxygen atoms in total. The standard InChI is InChI=1S/C24H20N6O/c1-30(22-6-2-4-15-5-3-9-27-23(15)22)18-10-17(13-26-14-18)16-7-8-19-20(11-16)21(12-25)28-29-24(19)31/h2-11,13-14H,12,25H2,1H3,(H,29,31). The molecule has 0 amide bonds. The Morgan fingerprint density at radius 3 is 2.74 bits per heavy atom. The second-order valence-corrected chi connectivity index (χ2v) is 7.31. The second kappa shape index (κ2) is 7.62. The Morgan fingerprint density at radius 2 is 1.87 bits per heavy atom. The number of nitrogens with two attached hydrogens (primary N) is 1. The van der Waals surface area contributed by atoms with Crippen LogP contribution >= 0.6 is 0 Å². The Morgan fingerprint density at radius 1 is 1.00 bits per heavy atom. The van der Waals surface area contributed by atoms with Gasteiger partial charge in [-0.25, -0.2) is 5.10 Å². The Labute approximate surface area is 178 Å². The lowest BCUT2D eigenvalue weighted by Crippen LogP contribution is -2.13. The molecule has 5 rings (SSSR count). The van der Waals surface area contributed by atoms with E-state index >= 15 is 0 Å². The average Bonchev–Trinajstić information content (AvgIpc) is 2.83.